The zero-order valence-corrected chi connectivity index (χ0v) is 19.1. The smallest absolute Gasteiger partial charge is 0.203 e. The molecule has 1 heterocycles. The van der Waals surface area contributed by atoms with Crippen LogP contribution >= 0.6 is 0 Å². The van der Waals surface area contributed by atoms with Gasteiger partial charge in [-0.25, -0.2) is 0 Å². The molecule has 0 amide bonds. The highest BCUT2D eigenvalue weighted by Gasteiger charge is 2.37. The van der Waals surface area contributed by atoms with Crippen molar-refractivity contribution in [3.63, 3.8) is 0 Å². The maximum absolute atomic E-state index is 5.43. The van der Waals surface area contributed by atoms with Gasteiger partial charge in [-0.3, -0.25) is 4.99 Å². The van der Waals surface area contributed by atoms with E-state index in [4.69, 9.17) is 14.2 Å². The normalized spacial score (nSPS) is 20.8. The monoisotopic (exact) mass is 440 g/mol. The molecular formula is C28H28N2O3. The number of methoxy groups -OCH3 is 3. The van der Waals surface area contributed by atoms with E-state index in [-0.39, 0.29) is 6.04 Å². The first-order chi connectivity index (χ1) is 16.2. The summed E-state index contributed by atoms with van der Waals surface area (Å²) in [5.41, 5.74) is 5.69. The van der Waals surface area contributed by atoms with Crippen LogP contribution in [0.15, 0.2) is 77.8 Å². The number of hydrogen-bond acceptors (Lipinski definition) is 5. The number of para-hydroxylation sites is 1. The lowest BCUT2D eigenvalue weighted by atomic mass is 9.77. The van der Waals surface area contributed by atoms with Crippen molar-refractivity contribution in [3.05, 3.63) is 89.5 Å². The van der Waals surface area contributed by atoms with E-state index in [0.717, 1.165) is 17.7 Å². The Balaban J connectivity index is 1.37. The highest BCUT2D eigenvalue weighted by molar-refractivity contribution is 5.84. The number of nitrogens with one attached hydrogen (secondary N) is 1. The van der Waals surface area contributed by atoms with E-state index in [2.05, 4.69) is 71.0 Å². The van der Waals surface area contributed by atoms with Gasteiger partial charge in [0.15, 0.2) is 11.5 Å². The molecule has 0 saturated carbocycles. The van der Waals surface area contributed by atoms with Gasteiger partial charge in [-0.15, -0.1) is 0 Å². The minimum Gasteiger partial charge on any atom is -0.493 e. The molecule has 2 aliphatic rings. The lowest BCUT2D eigenvalue weighted by molar-refractivity contribution is 0.324. The van der Waals surface area contributed by atoms with Crippen molar-refractivity contribution in [2.24, 2.45) is 10.9 Å². The third-order valence-electron chi connectivity index (χ3n) is 6.57. The van der Waals surface area contributed by atoms with Crippen LogP contribution in [0.25, 0.3) is 0 Å². The molecule has 3 aromatic carbocycles. The fourth-order valence-corrected chi connectivity index (χ4v) is 4.97. The average Bonchev–Trinajstić information content (AvgIpc) is 3.37. The molecule has 0 saturated heterocycles. The molecule has 168 valence electrons. The fourth-order valence-electron chi connectivity index (χ4n) is 4.97. The highest BCUT2D eigenvalue weighted by Crippen LogP contribution is 2.49. The van der Waals surface area contributed by atoms with E-state index in [0.29, 0.717) is 29.1 Å². The first-order valence-electron chi connectivity index (χ1n) is 11.2. The number of aliphatic imine (C=N–C) groups is 1. The SMILES string of the molecule is COc1cc(C=Nc2ccc([C@@H]3Nc4ccccc4[C@@H]4C=CC[C@H]43)cc2)cc(OC)c1OC. The Morgan fingerprint density at radius 1 is 0.909 bits per heavy atom. The van der Waals surface area contributed by atoms with Crippen LogP contribution in [0.2, 0.25) is 0 Å². The number of allylic oxidation sites excluding steroid dienone is 2. The Morgan fingerprint density at radius 2 is 1.64 bits per heavy atom. The van der Waals surface area contributed by atoms with Crippen LogP contribution in [-0.4, -0.2) is 27.5 Å². The minimum absolute atomic E-state index is 0.285. The summed E-state index contributed by atoms with van der Waals surface area (Å²) in [4.78, 5) is 4.66. The van der Waals surface area contributed by atoms with Gasteiger partial charge in [0.1, 0.15) is 0 Å². The summed E-state index contributed by atoms with van der Waals surface area (Å²) in [6.45, 7) is 0. The maximum atomic E-state index is 5.43. The molecule has 0 spiro atoms. The molecule has 1 N–H and O–H groups in total. The first kappa shape index (κ1) is 21.1. The van der Waals surface area contributed by atoms with Gasteiger partial charge in [0, 0.05) is 23.4 Å². The summed E-state index contributed by atoms with van der Waals surface area (Å²) in [6.07, 6.45) is 7.60. The summed E-state index contributed by atoms with van der Waals surface area (Å²) in [5, 5.41) is 3.78. The Hall–Kier alpha value is -3.73. The molecule has 5 rings (SSSR count). The number of ether oxygens (including phenoxy) is 3. The van der Waals surface area contributed by atoms with Gasteiger partial charge >= 0.3 is 0 Å². The molecule has 0 bridgehead atoms. The standard InChI is InChI=1S/C28H28N2O3/c1-31-25-15-18(16-26(32-2)28(25)33-3)17-29-20-13-11-19(12-14-20)27-23-9-6-8-21(23)22-7-4-5-10-24(22)30-27/h4-8,10-17,21,23,27,30H,9H2,1-3H3/t21-,23+,27-/m0/s1. The number of rotatable bonds is 6. The van der Waals surface area contributed by atoms with Crippen molar-refractivity contribution in [3.8, 4) is 17.2 Å². The lowest BCUT2D eigenvalue weighted by Gasteiger charge is -2.37. The summed E-state index contributed by atoms with van der Waals surface area (Å²) in [7, 11) is 4.82. The van der Waals surface area contributed by atoms with Crippen molar-refractivity contribution in [2.75, 3.05) is 26.6 Å². The van der Waals surface area contributed by atoms with E-state index in [1.54, 1.807) is 21.3 Å². The maximum Gasteiger partial charge on any atom is 0.203 e. The molecule has 1 aliphatic carbocycles. The largest absolute Gasteiger partial charge is 0.493 e. The van der Waals surface area contributed by atoms with Crippen LogP contribution in [-0.2, 0) is 0 Å². The second kappa shape index (κ2) is 9.02. The zero-order chi connectivity index (χ0) is 22.8. The molecule has 33 heavy (non-hydrogen) atoms. The number of nitrogens with zero attached hydrogens (tertiary/aromatic N) is 1. The highest BCUT2D eigenvalue weighted by atomic mass is 16.5. The zero-order valence-electron chi connectivity index (χ0n) is 19.1. The van der Waals surface area contributed by atoms with E-state index in [1.165, 1.54) is 16.8 Å². The third-order valence-corrected chi connectivity index (χ3v) is 6.57. The van der Waals surface area contributed by atoms with Gasteiger partial charge in [0.05, 0.1) is 33.1 Å². The first-order valence-corrected chi connectivity index (χ1v) is 11.2. The fraction of sp³-hybridized carbons (Fsp3) is 0.250. The Morgan fingerprint density at radius 3 is 2.33 bits per heavy atom. The van der Waals surface area contributed by atoms with Gasteiger partial charge in [-0.1, -0.05) is 42.5 Å². The third kappa shape index (κ3) is 3.95. The van der Waals surface area contributed by atoms with Crippen molar-refractivity contribution in [1.82, 2.24) is 0 Å². The van der Waals surface area contributed by atoms with Crippen LogP contribution < -0.4 is 19.5 Å². The minimum atomic E-state index is 0.285. The van der Waals surface area contributed by atoms with Crippen molar-refractivity contribution < 1.29 is 14.2 Å². The molecule has 1 aliphatic heterocycles. The van der Waals surface area contributed by atoms with Crippen LogP contribution in [0.4, 0.5) is 11.4 Å². The molecule has 5 heteroatoms. The number of fused-ring (bicyclic) bond motifs is 3. The summed E-state index contributed by atoms with van der Waals surface area (Å²) in [5.74, 6) is 2.80. The molecule has 5 nitrogen and oxygen atoms in total. The molecular weight excluding hydrogens is 412 g/mol. The van der Waals surface area contributed by atoms with E-state index >= 15 is 0 Å². The second-order valence-electron chi connectivity index (χ2n) is 8.37. The van der Waals surface area contributed by atoms with Gasteiger partial charge in [-0.05, 0) is 53.8 Å². The summed E-state index contributed by atoms with van der Waals surface area (Å²) < 4.78 is 16.3. The molecule has 3 atom stereocenters. The predicted molar refractivity (Wildman–Crippen MR) is 133 cm³/mol. The van der Waals surface area contributed by atoms with Crippen molar-refractivity contribution >= 4 is 17.6 Å². The van der Waals surface area contributed by atoms with E-state index < -0.39 is 0 Å². The molecule has 0 radical (unpaired) electrons. The number of benzene rings is 3. The van der Waals surface area contributed by atoms with Crippen molar-refractivity contribution in [2.45, 2.75) is 18.4 Å². The number of anilines is 1. The Kier molecular flexibility index (Phi) is 5.78. The molecule has 0 fully saturated rings. The summed E-state index contributed by atoms with van der Waals surface area (Å²) in [6, 6.07) is 21.2. The van der Waals surface area contributed by atoms with Crippen LogP contribution in [0.3, 0.4) is 0 Å². The quantitative estimate of drug-likeness (QED) is 0.362. The van der Waals surface area contributed by atoms with Gasteiger partial charge in [0.2, 0.25) is 5.75 Å². The van der Waals surface area contributed by atoms with Crippen molar-refractivity contribution in [1.29, 1.82) is 0 Å². The van der Waals surface area contributed by atoms with Gasteiger partial charge < -0.3 is 19.5 Å². The average molecular weight is 441 g/mol. The van der Waals surface area contributed by atoms with Crippen LogP contribution in [0.5, 0.6) is 17.2 Å². The Bertz CT molecular complexity index is 1180. The Labute approximate surface area is 194 Å². The van der Waals surface area contributed by atoms with Crippen LogP contribution in [0.1, 0.15) is 35.1 Å². The lowest BCUT2D eigenvalue weighted by Crippen LogP contribution is -2.28. The topological polar surface area (TPSA) is 52.1 Å². The molecule has 0 aromatic heterocycles. The predicted octanol–water partition coefficient (Wildman–Crippen LogP) is 6.29. The second-order valence-corrected chi connectivity index (χ2v) is 8.37. The van der Waals surface area contributed by atoms with Crippen LogP contribution in [0, 0.1) is 5.92 Å². The summed E-state index contributed by atoms with van der Waals surface area (Å²) >= 11 is 0. The number of hydrogen-bond donors (Lipinski definition) is 1. The molecule has 0 unspecified atom stereocenters. The van der Waals surface area contributed by atoms with E-state index in [1.807, 2.05) is 18.3 Å². The molecule has 3 aromatic rings. The van der Waals surface area contributed by atoms with Gasteiger partial charge in [0.25, 0.3) is 0 Å². The van der Waals surface area contributed by atoms with E-state index in [9.17, 15) is 0 Å². The van der Waals surface area contributed by atoms with Gasteiger partial charge in [-0.2, -0.15) is 0 Å².